The van der Waals surface area contributed by atoms with Crippen molar-refractivity contribution in [3.63, 3.8) is 0 Å². The summed E-state index contributed by atoms with van der Waals surface area (Å²) in [6.07, 6.45) is -0.231. The third-order valence-electron chi connectivity index (χ3n) is 3.05. The SMILES string of the molecule is CC[C@H](NC(=O)c1c(Br)c(Br)c(Br)c(Br)c1C(=O)O)[C@H](C)O. The van der Waals surface area contributed by atoms with Crippen LogP contribution in [-0.2, 0) is 0 Å². The van der Waals surface area contributed by atoms with Gasteiger partial charge in [-0.2, -0.15) is 0 Å². The largest absolute Gasteiger partial charge is 0.478 e. The molecule has 5 nitrogen and oxygen atoms in total. The zero-order valence-corrected chi connectivity index (χ0v) is 17.9. The molecule has 0 bridgehead atoms. The Bertz CT molecular complexity index is 619. The van der Waals surface area contributed by atoms with Crippen molar-refractivity contribution in [2.45, 2.75) is 32.4 Å². The zero-order valence-electron chi connectivity index (χ0n) is 11.6. The van der Waals surface area contributed by atoms with Crippen LogP contribution >= 0.6 is 63.7 Å². The number of benzene rings is 1. The van der Waals surface area contributed by atoms with Crippen molar-refractivity contribution in [2.75, 3.05) is 0 Å². The second-order valence-electron chi connectivity index (χ2n) is 4.54. The van der Waals surface area contributed by atoms with Crippen LogP contribution in [0.4, 0.5) is 0 Å². The average molecular weight is 567 g/mol. The summed E-state index contributed by atoms with van der Waals surface area (Å²) >= 11 is 13.0. The summed E-state index contributed by atoms with van der Waals surface area (Å²) in [4.78, 5) is 24.0. The third kappa shape index (κ3) is 4.11. The van der Waals surface area contributed by atoms with Crippen molar-refractivity contribution in [3.8, 4) is 0 Å². The summed E-state index contributed by atoms with van der Waals surface area (Å²) in [5, 5.41) is 21.7. The fourth-order valence-corrected chi connectivity index (χ4v) is 4.32. The van der Waals surface area contributed by atoms with Gasteiger partial charge in [-0.25, -0.2) is 4.79 Å². The number of carboxylic acids is 1. The number of aliphatic hydroxyl groups is 1. The summed E-state index contributed by atoms with van der Waals surface area (Å²) < 4.78 is 1.57. The van der Waals surface area contributed by atoms with E-state index in [0.717, 1.165) is 0 Å². The lowest BCUT2D eigenvalue weighted by atomic mass is 10.0. The normalized spacial score (nSPS) is 13.6. The van der Waals surface area contributed by atoms with E-state index in [9.17, 15) is 19.8 Å². The Kier molecular flexibility index (Phi) is 7.51. The Morgan fingerprint density at radius 2 is 1.50 bits per heavy atom. The topological polar surface area (TPSA) is 86.6 Å². The van der Waals surface area contributed by atoms with Crippen molar-refractivity contribution in [3.05, 3.63) is 29.0 Å². The molecule has 0 saturated heterocycles. The van der Waals surface area contributed by atoms with Crippen LogP contribution < -0.4 is 5.32 Å². The Morgan fingerprint density at radius 3 is 1.86 bits per heavy atom. The number of rotatable bonds is 5. The molecule has 3 N–H and O–H groups in total. The minimum atomic E-state index is -1.24. The van der Waals surface area contributed by atoms with Gasteiger partial charge in [-0.1, -0.05) is 6.92 Å². The Labute approximate surface area is 161 Å². The molecule has 9 heteroatoms. The second-order valence-corrected chi connectivity index (χ2v) is 7.71. The number of nitrogens with one attached hydrogen (secondary N) is 1. The van der Waals surface area contributed by atoms with Crippen molar-refractivity contribution >= 4 is 75.6 Å². The van der Waals surface area contributed by atoms with E-state index >= 15 is 0 Å². The highest BCUT2D eigenvalue weighted by atomic mass is 79.9. The molecule has 0 aliphatic rings. The highest BCUT2D eigenvalue weighted by Crippen LogP contribution is 2.42. The van der Waals surface area contributed by atoms with Gasteiger partial charge in [0.1, 0.15) is 0 Å². The molecule has 0 aromatic heterocycles. The number of amides is 1. The monoisotopic (exact) mass is 563 g/mol. The molecular formula is C13H13Br4NO4. The molecule has 0 fully saturated rings. The van der Waals surface area contributed by atoms with E-state index in [1.807, 2.05) is 6.92 Å². The number of carbonyl (C=O) groups excluding carboxylic acids is 1. The molecule has 0 aliphatic carbocycles. The molecular weight excluding hydrogens is 554 g/mol. The Hall–Kier alpha value is 0.0400. The minimum absolute atomic E-state index is 0.0199. The molecule has 1 aromatic rings. The smallest absolute Gasteiger partial charge is 0.337 e. The molecule has 0 unspecified atom stereocenters. The molecule has 2 atom stereocenters. The average Bonchev–Trinajstić information content (AvgIpc) is 2.44. The van der Waals surface area contributed by atoms with Gasteiger partial charge >= 0.3 is 5.97 Å². The van der Waals surface area contributed by atoms with Crippen LogP contribution in [0.25, 0.3) is 0 Å². The van der Waals surface area contributed by atoms with Crippen LogP contribution in [0.5, 0.6) is 0 Å². The second kappa shape index (κ2) is 8.23. The predicted octanol–water partition coefficient (Wildman–Crippen LogP) is 4.32. The van der Waals surface area contributed by atoms with E-state index in [-0.39, 0.29) is 15.6 Å². The maximum Gasteiger partial charge on any atom is 0.337 e. The third-order valence-corrected chi connectivity index (χ3v) is 7.81. The van der Waals surface area contributed by atoms with Crippen molar-refractivity contribution in [2.24, 2.45) is 0 Å². The minimum Gasteiger partial charge on any atom is -0.478 e. The lowest BCUT2D eigenvalue weighted by molar-refractivity contribution is 0.0687. The lowest BCUT2D eigenvalue weighted by Gasteiger charge is -2.21. The van der Waals surface area contributed by atoms with Crippen molar-refractivity contribution < 1.29 is 19.8 Å². The Morgan fingerprint density at radius 1 is 1.05 bits per heavy atom. The van der Waals surface area contributed by atoms with Crippen LogP contribution in [0, 0.1) is 0 Å². The summed E-state index contributed by atoms with van der Waals surface area (Å²) in [7, 11) is 0. The first kappa shape index (κ1) is 20.1. The Balaban J connectivity index is 3.46. The van der Waals surface area contributed by atoms with Crippen LogP contribution in [0.2, 0.25) is 0 Å². The number of aliphatic hydroxyl groups excluding tert-OH is 1. The fourth-order valence-electron chi connectivity index (χ4n) is 1.85. The number of carboxylic acid groups (broad SMARTS) is 1. The summed E-state index contributed by atoms with van der Waals surface area (Å²) in [5.41, 5.74) is -0.187. The quantitative estimate of drug-likeness (QED) is 0.366. The molecule has 1 aromatic carbocycles. The van der Waals surface area contributed by atoms with Crippen molar-refractivity contribution in [1.29, 1.82) is 0 Å². The van der Waals surface area contributed by atoms with Gasteiger partial charge in [-0.15, -0.1) is 0 Å². The molecule has 1 rings (SSSR count). The van der Waals surface area contributed by atoms with E-state index in [1.165, 1.54) is 0 Å². The number of hydrogen-bond donors (Lipinski definition) is 3. The summed E-state index contributed by atoms with van der Waals surface area (Å²) in [6.45, 7) is 3.38. The van der Waals surface area contributed by atoms with Gasteiger partial charge < -0.3 is 15.5 Å². The van der Waals surface area contributed by atoms with Gasteiger partial charge in [0.25, 0.3) is 5.91 Å². The van der Waals surface area contributed by atoms with Gasteiger partial charge in [-0.3, -0.25) is 4.79 Å². The summed E-state index contributed by atoms with van der Waals surface area (Å²) in [5.74, 6) is -1.82. The molecule has 0 saturated carbocycles. The molecule has 0 radical (unpaired) electrons. The van der Waals surface area contributed by atoms with Gasteiger partial charge in [0.2, 0.25) is 0 Å². The zero-order chi connectivity index (χ0) is 17.2. The first-order valence-electron chi connectivity index (χ1n) is 6.21. The number of carbonyl (C=O) groups is 2. The molecule has 22 heavy (non-hydrogen) atoms. The molecule has 0 aliphatic heterocycles. The van der Waals surface area contributed by atoms with Gasteiger partial charge in [0.05, 0.1) is 23.3 Å². The van der Waals surface area contributed by atoms with Crippen molar-refractivity contribution in [1.82, 2.24) is 5.32 Å². The first-order chi connectivity index (χ1) is 10.1. The van der Waals surface area contributed by atoms with Crippen LogP contribution in [0.1, 0.15) is 41.0 Å². The highest BCUT2D eigenvalue weighted by Gasteiger charge is 2.29. The lowest BCUT2D eigenvalue weighted by Crippen LogP contribution is -2.42. The maximum absolute atomic E-state index is 12.5. The standard InChI is InChI=1S/C13H13Br4NO4/c1-3-5(4(2)19)18-12(20)6-7(13(21)22)9(15)11(17)10(16)8(6)14/h4-5,19H,3H2,1-2H3,(H,18,20)(H,21,22)/t4-,5-/m0/s1. The van der Waals surface area contributed by atoms with Crippen LogP contribution in [0.3, 0.4) is 0 Å². The fraction of sp³-hybridized carbons (Fsp3) is 0.385. The molecule has 0 heterocycles. The number of aromatic carboxylic acids is 1. The van der Waals surface area contributed by atoms with E-state index in [4.69, 9.17) is 0 Å². The van der Waals surface area contributed by atoms with E-state index in [2.05, 4.69) is 69.0 Å². The van der Waals surface area contributed by atoms with E-state index in [1.54, 1.807) is 6.92 Å². The van der Waals surface area contributed by atoms with E-state index in [0.29, 0.717) is 19.8 Å². The molecule has 122 valence electrons. The number of halogens is 4. The maximum atomic E-state index is 12.5. The van der Waals surface area contributed by atoms with Gasteiger partial charge in [0.15, 0.2) is 0 Å². The highest BCUT2D eigenvalue weighted by molar-refractivity contribution is 9.15. The first-order valence-corrected chi connectivity index (χ1v) is 9.38. The predicted molar refractivity (Wildman–Crippen MR) is 97.4 cm³/mol. The van der Waals surface area contributed by atoms with Gasteiger partial charge in [-0.05, 0) is 77.1 Å². The van der Waals surface area contributed by atoms with E-state index < -0.39 is 24.0 Å². The molecule has 0 spiro atoms. The summed E-state index contributed by atoms with van der Waals surface area (Å²) in [6, 6.07) is -0.470. The number of hydrogen-bond acceptors (Lipinski definition) is 3. The van der Waals surface area contributed by atoms with Crippen LogP contribution in [-0.4, -0.2) is 34.2 Å². The van der Waals surface area contributed by atoms with Crippen LogP contribution in [0.15, 0.2) is 17.9 Å². The van der Waals surface area contributed by atoms with Gasteiger partial charge in [0, 0.05) is 17.9 Å². The molecule has 1 amide bonds.